The molecule has 0 unspecified atom stereocenters. The number of hydrogen-bond donors (Lipinski definition) is 1. The minimum Gasteiger partial charge on any atom is -0.282 e. The number of rotatable bonds is 1. The zero-order valence-electron chi connectivity index (χ0n) is 8.02. The van der Waals surface area contributed by atoms with Crippen molar-refractivity contribution in [1.29, 1.82) is 0 Å². The zero-order chi connectivity index (χ0) is 8.82. The van der Waals surface area contributed by atoms with E-state index in [1.54, 1.807) is 0 Å². The smallest absolute Gasteiger partial charge is 0.0490 e. The van der Waals surface area contributed by atoms with Gasteiger partial charge in [-0.3, -0.25) is 5.10 Å². The van der Waals surface area contributed by atoms with E-state index in [9.17, 15) is 0 Å². The molecule has 0 amide bonds. The van der Waals surface area contributed by atoms with Crippen LogP contribution in [0.5, 0.6) is 0 Å². The normalized spacial score (nSPS) is 20.9. The van der Waals surface area contributed by atoms with Gasteiger partial charge in [-0.25, -0.2) is 0 Å². The third-order valence-corrected chi connectivity index (χ3v) is 3.20. The summed E-state index contributed by atoms with van der Waals surface area (Å²) in [4.78, 5) is 0. The molecule has 0 aliphatic heterocycles. The van der Waals surface area contributed by atoms with Gasteiger partial charge in [0.2, 0.25) is 0 Å². The Morgan fingerprint density at radius 2 is 2.08 bits per heavy atom. The average Bonchev–Trinajstić information content (AvgIpc) is 2.61. The minimum atomic E-state index is 0.361. The minimum absolute atomic E-state index is 0.361. The van der Waals surface area contributed by atoms with Crippen molar-refractivity contribution in [1.82, 2.24) is 10.2 Å². The van der Waals surface area contributed by atoms with E-state index in [0.717, 1.165) is 0 Å². The van der Waals surface area contributed by atoms with E-state index in [0.29, 0.717) is 10.8 Å². The lowest BCUT2D eigenvalue weighted by Gasteiger charge is -2.29. The Kier molecular flexibility index (Phi) is 1.39. The number of H-pyrrole nitrogens is 1. The molecule has 66 valence electrons. The summed E-state index contributed by atoms with van der Waals surface area (Å²) in [5.41, 5.74) is 2.07. The Hall–Kier alpha value is -0.790. The highest BCUT2D eigenvalue weighted by molar-refractivity contribution is 5.26. The molecule has 2 heteroatoms. The van der Waals surface area contributed by atoms with Crippen LogP contribution >= 0.6 is 0 Å². The summed E-state index contributed by atoms with van der Waals surface area (Å²) < 4.78 is 0. The summed E-state index contributed by atoms with van der Waals surface area (Å²) in [5, 5.41) is 7.11. The molecule has 1 aromatic heterocycles. The number of nitrogens with one attached hydrogen (secondary N) is 1. The predicted octanol–water partition coefficient (Wildman–Crippen LogP) is 2.49. The largest absolute Gasteiger partial charge is 0.282 e. The number of aromatic amines is 1. The molecule has 0 saturated heterocycles. The number of aromatic nitrogens is 2. The van der Waals surface area contributed by atoms with Crippen LogP contribution in [0.2, 0.25) is 0 Å². The van der Waals surface area contributed by atoms with Gasteiger partial charge in [0, 0.05) is 17.3 Å². The van der Waals surface area contributed by atoms with E-state index in [1.165, 1.54) is 18.5 Å². The van der Waals surface area contributed by atoms with Gasteiger partial charge in [-0.2, -0.15) is 5.10 Å². The first-order valence-corrected chi connectivity index (χ1v) is 4.56. The molecule has 12 heavy (non-hydrogen) atoms. The Bertz CT molecular complexity index is 263. The zero-order valence-corrected chi connectivity index (χ0v) is 8.02. The molecule has 1 aliphatic carbocycles. The molecule has 1 saturated carbocycles. The van der Waals surface area contributed by atoms with Crippen molar-refractivity contribution in [3.8, 4) is 0 Å². The molecule has 1 N–H and O–H groups in total. The standard InChI is InChI=1S/C10H16N2/c1-9(2,3)10(5-6-10)8-4-7-11-12-8/h4,7H,5-6H2,1-3H3,(H,11,12). The van der Waals surface area contributed by atoms with Crippen LogP contribution in [-0.4, -0.2) is 10.2 Å². The molecule has 0 radical (unpaired) electrons. The molecular formula is C10H16N2. The average molecular weight is 164 g/mol. The lowest BCUT2D eigenvalue weighted by atomic mass is 9.75. The number of nitrogens with zero attached hydrogens (tertiary/aromatic N) is 1. The van der Waals surface area contributed by atoms with E-state index in [-0.39, 0.29) is 0 Å². The molecule has 1 heterocycles. The highest BCUT2D eigenvalue weighted by Crippen LogP contribution is 2.58. The molecule has 2 rings (SSSR count). The van der Waals surface area contributed by atoms with Gasteiger partial charge < -0.3 is 0 Å². The van der Waals surface area contributed by atoms with Gasteiger partial charge in [-0.05, 0) is 24.3 Å². The fourth-order valence-corrected chi connectivity index (χ4v) is 2.07. The van der Waals surface area contributed by atoms with Crippen LogP contribution in [0.15, 0.2) is 12.3 Å². The van der Waals surface area contributed by atoms with Crippen LogP contribution in [0.25, 0.3) is 0 Å². The molecule has 1 aromatic rings. The van der Waals surface area contributed by atoms with Crippen molar-refractivity contribution in [2.45, 2.75) is 39.0 Å². The van der Waals surface area contributed by atoms with Crippen molar-refractivity contribution in [2.24, 2.45) is 5.41 Å². The predicted molar refractivity (Wildman–Crippen MR) is 49.0 cm³/mol. The van der Waals surface area contributed by atoms with Crippen LogP contribution in [0, 0.1) is 5.41 Å². The van der Waals surface area contributed by atoms with Gasteiger partial charge >= 0.3 is 0 Å². The second kappa shape index (κ2) is 2.12. The maximum Gasteiger partial charge on any atom is 0.0490 e. The molecule has 0 bridgehead atoms. The molecule has 1 aliphatic rings. The fraction of sp³-hybridized carbons (Fsp3) is 0.700. The quantitative estimate of drug-likeness (QED) is 0.678. The summed E-state index contributed by atoms with van der Waals surface area (Å²) in [6.45, 7) is 6.92. The first-order chi connectivity index (χ1) is 5.56. The molecule has 0 atom stereocenters. The van der Waals surface area contributed by atoms with Gasteiger partial charge in [-0.15, -0.1) is 0 Å². The third kappa shape index (κ3) is 0.904. The third-order valence-electron chi connectivity index (χ3n) is 3.20. The Morgan fingerprint density at radius 3 is 2.42 bits per heavy atom. The van der Waals surface area contributed by atoms with Crippen LogP contribution < -0.4 is 0 Å². The van der Waals surface area contributed by atoms with E-state index >= 15 is 0 Å². The van der Waals surface area contributed by atoms with Gasteiger partial charge in [0.1, 0.15) is 0 Å². The lowest BCUT2D eigenvalue weighted by molar-refractivity contribution is 0.293. The summed E-state index contributed by atoms with van der Waals surface area (Å²) in [5.74, 6) is 0. The molecule has 0 aromatic carbocycles. The monoisotopic (exact) mass is 164 g/mol. The van der Waals surface area contributed by atoms with Crippen molar-refractivity contribution >= 4 is 0 Å². The van der Waals surface area contributed by atoms with E-state index < -0.39 is 0 Å². The molecule has 1 fully saturated rings. The summed E-state index contributed by atoms with van der Waals surface area (Å²) in [6, 6.07) is 2.11. The van der Waals surface area contributed by atoms with Crippen molar-refractivity contribution in [3.63, 3.8) is 0 Å². The maximum absolute atomic E-state index is 4.02. The van der Waals surface area contributed by atoms with Crippen molar-refractivity contribution in [2.75, 3.05) is 0 Å². The first-order valence-electron chi connectivity index (χ1n) is 4.56. The molecule has 2 nitrogen and oxygen atoms in total. The van der Waals surface area contributed by atoms with Crippen LogP contribution in [-0.2, 0) is 5.41 Å². The summed E-state index contributed by atoms with van der Waals surface area (Å²) in [6.07, 6.45) is 4.46. The van der Waals surface area contributed by atoms with Crippen LogP contribution in [0.3, 0.4) is 0 Å². The van der Waals surface area contributed by atoms with Gasteiger partial charge in [-0.1, -0.05) is 20.8 Å². The number of hydrogen-bond acceptors (Lipinski definition) is 1. The first kappa shape index (κ1) is 7.84. The topological polar surface area (TPSA) is 28.7 Å². The Labute approximate surface area is 73.4 Å². The van der Waals surface area contributed by atoms with E-state index in [4.69, 9.17) is 0 Å². The van der Waals surface area contributed by atoms with Gasteiger partial charge in [0.25, 0.3) is 0 Å². The van der Waals surface area contributed by atoms with Gasteiger partial charge in [0.05, 0.1) is 0 Å². The van der Waals surface area contributed by atoms with Crippen molar-refractivity contribution < 1.29 is 0 Å². The van der Waals surface area contributed by atoms with Crippen molar-refractivity contribution in [3.05, 3.63) is 18.0 Å². The van der Waals surface area contributed by atoms with E-state index in [1.807, 2.05) is 6.20 Å². The Balaban J connectivity index is 2.35. The van der Waals surface area contributed by atoms with E-state index in [2.05, 4.69) is 37.0 Å². The fourth-order valence-electron chi connectivity index (χ4n) is 2.07. The van der Waals surface area contributed by atoms with Crippen LogP contribution in [0.4, 0.5) is 0 Å². The SMILES string of the molecule is CC(C)(C)C1(c2ccn[nH]2)CC1. The summed E-state index contributed by atoms with van der Waals surface area (Å²) >= 11 is 0. The molecular weight excluding hydrogens is 148 g/mol. The summed E-state index contributed by atoms with van der Waals surface area (Å²) in [7, 11) is 0. The highest BCUT2D eigenvalue weighted by atomic mass is 15.1. The lowest BCUT2D eigenvalue weighted by Crippen LogP contribution is -2.26. The van der Waals surface area contributed by atoms with Gasteiger partial charge in [0.15, 0.2) is 0 Å². The second-order valence-electron chi connectivity index (χ2n) is 4.80. The van der Waals surface area contributed by atoms with Crippen LogP contribution in [0.1, 0.15) is 39.3 Å². The second-order valence-corrected chi connectivity index (χ2v) is 4.80. The maximum atomic E-state index is 4.02. The Morgan fingerprint density at radius 1 is 1.42 bits per heavy atom. The highest BCUT2D eigenvalue weighted by Gasteiger charge is 2.53. The molecule has 0 spiro atoms.